The molecule has 0 radical (unpaired) electrons. The molecule has 8 heteroatoms. The van der Waals surface area contributed by atoms with E-state index >= 15 is 0 Å². The van der Waals surface area contributed by atoms with Crippen LogP contribution in [0.1, 0.15) is 43.6 Å². The van der Waals surface area contributed by atoms with Gasteiger partial charge in [0.2, 0.25) is 0 Å². The standard InChI is InChI=1S/C24H25ClN2O5/c1-5-30-21-13-17(20(25)14-22(21)31-6-2)12-19-15(4)26-27(23(19)28)18-10-8-16(9-11-18)24(29)32-7-3/h8-14H,5-7H2,1-4H3/b19-12+. The first-order valence-electron chi connectivity index (χ1n) is 10.4. The molecule has 0 spiro atoms. The van der Waals surface area contributed by atoms with Crippen LogP contribution < -0.4 is 14.5 Å². The van der Waals surface area contributed by atoms with Gasteiger partial charge >= 0.3 is 5.97 Å². The normalized spacial score (nSPS) is 14.5. The Labute approximate surface area is 192 Å². The maximum Gasteiger partial charge on any atom is 0.338 e. The number of hydrogen-bond acceptors (Lipinski definition) is 6. The highest BCUT2D eigenvalue weighted by Gasteiger charge is 2.29. The summed E-state index contributed by atoms with van der Waals surface area (Å²) >= 11 is 6.45. The molecule has 1 heterocycles. The van der Waals surface area contributed by atoms with Gasteiger partial charge in [-0.05, 0) is 69.7 Å². The van der Waals surface area contributed by atoms with Crippen molar-refractivity contribution in [3.05, 3.63) is 58.1 Å². The van der Waals surface area contributed by atoms with Gasteiger partial charge in [0, 0.05) is 6.07 Å². The van der Waals surface area contributed by atoms with Gasteiger partial charge in [-0.15, -0.1) is 0 Å². The molecule has 1 aliphatic rings. The van der Waals surface area contributed by atoms with Gasteiger partial charge in [0.25, 0.3) is 5.91 Å². The summed E-state index contributed by atoms with van der Waals surface area (Å²) in [5.41, 5.74) is 2.53. The van der Waals surface area contributed by atoms with Crippen LogP contribution in [-0.4, -0.2) is 37.4 Å². The van der Waals surface area contributed by atoms with Gasteiger partial charge in [-0.1, -0.05) is 11.6 Å². The number of benzene rings is 2. The molecule has 32 heavy (non-hydrogen) atoms. The Balaban J connectivity index is 1.90. The van der Waals surface area contributed by atoms with Crippen LogP contribution in [0.25, 0.3) is 6.08 Å². The Bertz CT molecular complexity index is 1080. The van der Waals surface area contributed by atoms with Crippen LogP contribution in [-0.2, 0) is 9.53 Å². The lowest BCUT2D eigenvalue weighted by molar-refractivity contribution is -0.114. The SMILES string of the molecule is CCOC(=O)c1ccc(N2N=C(C)/C(=C\c3cc(OCC)c(OCC)cc3Cl)C2=O)cc1. The van der Waals surface area contributed by atoms with E-state index in [9.17, 15) is 9.59 Å². The number of amides is 1. The summed E-state index contributed by atoms with van der Waals surface area (Å²) in [6.45, 7) is 8.49. The van der Waals surface area contributed by atoms with Crippen LogP contribution in [0.2, 0.25) is 5.02 Å². The molecule has 0 saturated heterocycles. The fraction of sp³-hybridized carbons (Fsp3) is 0.292. The molecular weight excluding hydrogens is 432 g/mol. The van der Waals surface area contributed by atoms with Gasteiger partial charge in [0.15, 0.2) is 11.5 Å². The van der Waals surface area contributed by atoms with E-state index in [1.54, 1.807) is 56.3 Å². The molecule has 1 aliphatic heterocycles. The highest BCUT2D eigenvalue weighted by Crippen LogP contribution is 2.35. The lowest BCUT2D eigenvalue weighted by Crippen LogP contribution is -2.21. The smallest absolute Gasteiger partial charge is 0.338 e. The van der Waals surface area contributed by atoms with Crippen LogP contribution in [0.4, 0.5) is 5.69 Å². The van der Waals surface area contributed by atoms with E-state index in [0.717, 1.165) is 0 Å². The summed E-state index contributed by atoms with van der Waals surface area (Å²) in [4.78, 5) is 24.9. The van der Waals surface area contributed by atoms with Crippen LogP contribution in [0, 0.1) is 0 Å². The summed E-state index contributed by atoms with van der Waals surface area (Å²) in [5.74, 6) is 0.390. The van der Waals surface area contributed by atoms with Crippen LogP contribution >= 0.6 is 11.6 Å². The molecule has 0 aromatic heterocycles. The first kappa shape index (κ1) is 23.3. The third-order valence-electron chi connectivity index (χ3n) is 4.65. The number of hydrazone groups is 1. The largest absolute Gasteiger partial charge is 0.490 e. The number of carbonyl (C=O) groups excluding carboxylic acids is 2. The zero-order chi connectivity index (χ0) is 23.3. The number of nitrogens with zero attached hydrogens (tertiary/aromatic N) is 2. The fourth-order valence-electron chi connectivity index (χ4n) is 3.17. The summed E-state index contributed by atoms with van der Waals surface area (Å²) in [5, 5.41) is 6.11. The lowest BCUT2D eigenvalue weighted by atomic mass is 10.1. The third kappa shape index (κ3) is 4.94. The van der Waals surface area contributed by atoms with Gasteiger partial charge in [-0.25, -0.2) is 4.79 Å². The van der Waals surface area contributed by atoms with E-state index in [2.05, 4.69) is 5.10 Å². The number of carbonyl (C=O) groups is 2. The second-order valence-electron chi connectivity index (χ2n) is 6.81. The molecule has 0 aliphatic carbocycles. The predicted molar refractivity (Wildman–Crippen MR) is 125 cm³/mol. The molecule has 0 N–H and O–H groups in total. The minimum absolute atomic E-state index is 0.294. The second kappa shape index (κ2) is 10.3. The van der Waals surface area contributed by atoms with Crippen molar-refractivity contribution in [3.8, 4) is 11.5 Å². The van der Waals surface area contributed by atoms with E-state index in [0.29, 0.717) is 64.4 Å². The topological polar surface area (TPSA) is 77.4 Å². The van der Waals surface area contributed by atoms with Crippen molar-refractivity contribution in [2.45, 2.75) is 27.7 Å². The van der Waals surface area contributed by atoms with Crippen LogP contribution in [0.3, 0.4) is 0 Å². The number of rotatable bonds is 8. The van der Waals surface area contributed by atoms with E-state index in [4.69, 9.17) is 25.8 Å². The van der Waals surface area contributed by atoms with Gasteiger partial charge < -0.3 is 14.2 Å². The maximum atomic E-state index is 13.1. The minimum Gasteiger partial charge on any atom is -0.490 e. The molecule has 0 unspecified atom stereocenters. The zero-order valence-electron chi connectivity index (χ0n) is 18.5. The van der Waals surface area contributed by atoms with Crippen molar-refractivity contribution >= 4 is 41.0 Å². The van der Waals surface area contributed by atoms with E-state index < -0.39 is 5.97 Å². The molecule has 168 valence electrons. The van der Waals surface area contributed by atoms with Crippen molar-refractivity contribution < 1.29 is 23.8 Å². The van der Waals surface area contributed by atoms with Crippen molar-refractivity contribution in [2.75, 3.05) is 24.8 Å². The Morgan fingerprint density at radius 2 is 1.66 bits per heavy atom. The predicted octanol–water partition coefficient (Wildman–Crippen LogP) is 5.12. The molecule has 3 rings (SSSR count). The minimum atomic E-state index is -0.415. The maximum absolute atomic E-state index is 13.1. The molecular formula is C24H25ClN2O5. The number of esters is 1. The van der Waals surface area contributed by atoms with Crippen molar-refractivity contribution in [1.29, 1.82) is 0 Å². The molecule has 0 atom stereocenters. The fourth-order valence-corrected chi connectivity index (χ4v) is 3.37. The van der Waals surface area contributed by atoms with E-state index in [1.807, 2.05) is 13.8 Å². The van der Waals surface area contributed by atoms with Crippen molar-refractivity contribution in [2.24, 2.45) is 5.10 Å². The number of ether oxygens (including phenoxy) is 3. The highest BCUT2D eigenvalue weighted by molar-refractivity contribution is 6.35. The lowest BCUT2D eigenvalue weighted by Gasteiger charge is -2.14. The average Bonchev–Trinajstić information content (AvgIpc) is 3.05. The van der Waals surface area contributed by atoms with Gasteiger partial charge in [0.1, 0.15) is 0 Å². The van der Waals surface area contributed by atoms with E-state index in [-0.39, 0.29) is 5.91 Å². The molecule has 2 aromatic rings. The second-order valence-corrected chi connectivity index (χ2v) is 7.22. The molecule has 0 fully saturated rings. The first-order valence-corrected chi connectivity index (χ1v) is 10.7. The summed E-state index contributed by atoms with van der Waals surface area (Å²) in [6.07, 6.45) is 1.69. The van der Waals surface area contributed by atoms with Gasteiger partial charge in [-0.3, -0.25) is 4.79 Å². The van der Waals surface area contributed by atoms with Gasteiger partial charge in [0.05, 0.1) is 47.4 Å². The van der Waals surface area contributed by atoms with E-state index in [1.165, 1.54) is 5.01 Å². The average molecular weight is 457 g/mol. The van der Waals surface area contributed by atoms with Crippen molar-refractivity contribution in [1.82, 2.24) is 0 Å². The molecule has 0 saturated carbocycles. The molecule has 1 amide bonds. The highest BCUT2D eigenvalue weighted by atomic mass is 35.5. The summed E-state index contributed by atoms with van der Waals surface area (Å²) in [7, 11) is 0. The van der Waals surface area contributed by atoms with Crippen LogP contribution in [0.15, 0.2) is 47.1 Å². The Morgan fingerprint density at radius 3 is 2.25 bits per heavy atom. The van der Waals surface area contributed by atoms with Crippen molar-refractivity contribution in [3.63, 3.8) is 0 Å². The Kier molecular flexibility index (Phi) is 7.53. The summed E-state index contributed by atoms with van der Waals surface area (Å²) < 4.78 is 16.2. The van der Waals surface area contributed by atoms with Gasteiger partial charge in [-0.2, -0.15) is 10.1 Å². The number of hydrogen-bond donors (Lipinski definition) is 0. The molecule has 0 bridgehead atoms. The monoisotopic (exact) mass is 456 g/mol. The number of anilines is 1. The Morgan fingerprint density at radius 1 is 1.03 bits per heavy atom. The Hall–Kier alpha value is -3.32. The molecule has 2 aromatic carbocycles. The quantitative estimate of drug-likeness (QED) is 0.407. The number of halogens is 1. The molecule has 7 nitrogen and oxygen atoms in total. The van der Waals surface area contributed by atoms with Crippen LogP contribution in [0.5, 0.6) is 11.5 Å². The first-order chi connectivity index (χ1) is 15.4. The summed E-state index contributed by atoms with van der Waals surface area (Å²) in [6, 6.07) is 9.94. The third-order valence-corrected chi connectivity index (χ3v) is 4.98. The zero-order valence-corrected chi connectivity index (χ0v) is 19.2.